The number of benzene rings is 2. The molecule has 0 spiro atoms. The minimum atomic E-state index is -0.568. The van der Waals surface area contributed by atoms with E-state index in [4.69, 9.17) is 23.2 Å². The van der Waals surface area contributed by atoms with Gasteiger partial charge in [-0.1, -0.05) is 35.3 Å². The van der Waals surface area contributed by atoms with Crippen LogP contribution in [0.3, 0.4) is 0 Å². The Morgan fingerprint density at radius 3 is 2.62 bits per heavy atom. The van der Waals surface area contributed by atoms with Gasteiger partial charge in [0.05, 0.1) is 24.5 Å². The van der Waals surface area contributed by atoms with Crippen LogP contribution in [0.4, 0.5) is 10.5 Å². The Morgan fingerprint density at radius 1 is 1.12 bits per heavy atom. The number of nitrogens with zero attached hydrogens (tertiary/aromatic N) is 6. The molecule has 4 rings (SSSR count). The molecule has 0 bridgehead atoms. The van der Waals surface area contributed by atoms with E-state index in [1.54, 1.807) is 66.4 Å². The monoisotopic (exact) mass is 598 g/mol. The summed E-state index contributed by atoms with van der Waals surface area (Å²) in [4.78, 5) is 24.5. The quantitative estimate of drug-likeness (QED) is 0.235. The Balaban J connectivity index is 1.55. The summed E-state index contributed by atoms with van der Waals surface area (Å²) in [6, 6.07) is 13.6. The van der Waals surface area contributed by atoms with Crippen molar-refractivity contribution in [2.45, 2.75) is 12.5 Å². The van der Waals surface area contributed by atoms with Crippen molar-refractivity contribution in [3.63, 3.8) is 0 Å². The topological polar surface area (TPSA) is 137 Å². The number of hydrogen-bond donors (Lipinski definition) is 2. The van der Waals surface area contributed by atoms with E-state index in [9.17, 15) is 9.59 Å². The number of thioether (sulfide) groups is 1. The van der Waals surface area contributed by atoms with E-state index >= 15 is 0 Å². The molecule has 14 heteroatoms. The summed E-state index contributed by atoms with van der Waals surface area (Å²) in [6.07, 6.45) is 6.56. The van der Waals surface area contributed by atoms with E-state index in [1.165, 1.54) is 24.2 Å². The van der Waals surface area contributed by atoms with Crippen molar-refractivity contribution in [2.24, 2.45) is 0 Å². The van der Waals surface area contributed by atoms with Crippen LogP contribution in [-0.4, -0.2) is 61.5 Å². The highest BCUT2D eigenvalue weighted by Gasteiger charge is 2.18. The lowest BCUT2D eigenvalue weighted by Gasteiger charge is -2.18. The molecule has 1 atom stereocenters. The number of carbonyl (C=O) groups is 2. The molecule has 0 saturated carbocycles. The summed E-state index contributed by atoms with van der Waals surface area (Å²) in [5, 5.41) is 26.0. The third-order valence-corrected chi connectivity index (χ3v) is 6.84. The highest BCUT2D eigenvalue weighted by molar-refractivity contribution is 7.98. The minimum absolute atomic E-state index is 0.211. The zero-order chi connectivity index (χ0) is 28.5. The van der Waals surface area contributed by atoms with Crippen LogP contribution >= 0.6 is 35.0 Å². The Hall–Kier alpha value is -4.00. The van der Waals surface area contributed by atoms with E-state index in [-0.39, 0.29) is 11.1 Å². The van der Waals surface area contributed by atoms with Crippen LogP contribution in [0, 0.1) is 0 Å². The van der Waals surface area contributed by atoms with E-state index in [0.717, 1.165) is 11.3 Å². The maximum Gasteiger partial charge on any atom is 0.411 e. The number of ether oxygens (including phenoxy) is 1. The highest BCUT2D eigenvalue weighted by atomic mass is 35.5. The Labute approximate surface area is 244 Å². The molecule has 206 valence electrons. The normalized spacial score (nSPS) is 11.8. The summed E-state index contributed by atoms with van der Waals surface area (Å²) >= 11 is 14.2. The van der Waals surface area contributed by atoms with Crippen LogP contribution in [0.15, 0.2) is 60.9 Å². The van der Waals surface area contributed by atoms with Gasteiger partial charge in [-0.25, -0.2) is 4.79 Å². The van der Waals surface area contributed by atoms with Crippen LogP contribution in [0.5, 0.6) is 0 Å². The van der Waals surface area contributed by atoms with Crippen LogP contribution < -0.4 is 10.6 Å². The van der Waals surface area contributed by atoms with E-state index in [0.29, 0.717) is 39.6 Å². The van der Waals surface area contributed by atoms with Crippen molar-refractivity contribution in [1.82, 2.24) is 35.7 Å². The molecule has 2 aromatic heterocycles. The Bertz CT molecular complexity index is 1500. The van der Waals surface area contributed by atoms with Gasteiger partial charge in [-0.2, -0.15) is 21.5 Å². The molecular weight excluding hydrogens is 575 g/mol. The third-order valence-electron chi connectivity index (χ3n) is 5.68. The fourth-order valence-electron chi connectivity index (χ4n) is 3.72. The maximum absolute atomic E-state index is 13.0. The standard InChI is InChI=1S/C26H24Cl2N8O3S/c1-39-26(38)30-19-7-3-16(4-8-19)20-14-22(32-33-25(20)28)21(11-12-40-2)31-24(37)10-5-17-13-18(27)6-9-23(17)36-15-29-34-35-36/h3-10,13-15,21H,11-12H2,1-2H3,(H,30,38)(H,31,37)/b10-5+/t21-/m0/s1. The van der Waals surface area contributed by atoms with Crippen LogP contribution in [0.25, 0.3) is 22.9 Å². The number of rotatable bonds is 10. The molecule has 0 aliphatic carbocycles. The van der Waals surface area contributed by atoms with Crippen LogP contribution in [-0.2, 0) is 9.53 Å². The predicted octanol–water partition coefficient (Wildman–Crippen LogP) is 5.23. The van der Waals surface area contributed by atoms with E-state index in [1.807, 2.05) is 6.26 Å². The number of methoxy groups -OCH3 is 1. The molecule has 11 nitrogen and oxygen atoms in total. The lowest BCUT2D eigenvalue weighted by Crippen LogP contribution is -2.28. The summed E-state index contributed by atoms with van der Waals surface area (Å²) in [7, 11) is 1.29. The van der Waals surface area contributed by atoms with Gasteiger partial charge >= 0.3 is 6.09 Å². The largest absolute Gasteiger partial charge is 0.453 e. The minimum Gasteiger partial charge on any atom is -0.453 e. The molecule has 0 aliphatic rings. The van der Waals surface area contributed by atoms with E-state index < -0.39 is 12.1 Å². The molecule has 0 unspecified atom stereocenters. The van der Waals surface area contributed by atoms with Crippen molar-refractivity contribution in [2.75, 3.05) is 24.4 Å². The van der Waals surface area contributed by atoms with Gasteiger partial charge in [-0.05, 0) is 76.9 Å². The van der Waals surface area contributed by atoms with Gasteiger partial charge in [0.25, 0.3) is 0 Å². The van der Waals surface area contributed by atoms with Gasteiger partial charge in [0.2, 0.25) is 5.91 Å². The first-order valence-electron chi connectivity index (χ1n) is 11.9. The third kappa shape index (κ3) is 7.56. The summed E-state index contributed by atoms with van der Waals surface area (Å²) in [5.74, 6) is 0.449. The smallest absolute Gasteiger partial charge is 0.411 e. The zero-order valence-corrected chi connectivity index (χ0v) is 23.7. The van der Waals surface area contributed by atoms with Gasteiger partial charge in [0.15, 0.2) is 5.15 Å². The number of carbonyl (C=O) groups excluding carboxylic acids is 2. The number of nitrogens with one attached hydrogen (secondary N) is 2. The maximum atomic E-state index is 13.0. The molecule has 2 amide bonds. The lowest BCUT2D eigenvalue weighted by molar-refractivity contribution is -0.117. The zero-order valence-electron chi connectivity index (χ0n) is 21.4. The molecule has 0 aliphatic heterocycles. The SMILES string of the molecule is COC(=O)Nc1ccc(-c2cc([C@H](CCSC)NC(=O)/C=C/c3cc(Cl)ccc3-n3cnnn3)nnc2Cl)cc1. The predicted molar refractivity (Wildman–Crippen MR) is 156 cm³/mol. The first-order valence-corrected chi connectivity index (χ1v) is 14.0. The Morgan fingerprint density at radius 2 is 1.93 bits per heavy atom. The van der Waals surface area contributed by atoms with Crippen molar-refractivity contribution in [1.29, 1.82) is 0 Å². The molecule has 2 heterocycles. The molecule has 0 fully saturated rings. The highest BCUT2D eigenvalue weighted by Crippen LogP contribution is 2.30. The molecule has 2 N–H and O–H groups in total. The van der Waals surface area contributed by atoms with Crippen molar-refractivity contribution >= 4 is 58.7 Å². The number of tetrazole rings is 1. The number of halogens is 2. The summed E-state index contributed by atoms with van der Waals surface area (Å²) in [5.41, 5.74) is 3.85. The second-order valence-electron chi connectivity index (χ2n) is 8.30. The average molecular weight is 600 g/mol. The first kappa shape index (κ1) is 29.0. The number of hydrogen-bond acceptors (Lipinski definition) is 9. The lowest BCUT2D eigenvalue weighted by atomic mass is 10.0. The van der Waals surface area contributed by atoms with Gasteiger partial charge in [0.1, 0.15) is 6.33 Å². The molecule has 0 saturated heterocycles. The summed E-state index contributed by atoms with van der Waals surface area (Å²) in [6.45, 7) is 0. The van der Waals surface area contributed by atoms with E-state index in [2.05, 4.69) is 41.1 Å². The second kappa shape index (κ2) is 13.9. The molecular formula is C26H24Cl2N8O3S. The van der Waals surface area contributed by atoms with Gasteiger partial charge < -0.3 is 10.1 Å². The molecule has 40 heavy (non-hydrogen) atoms. The van der Waals surface area contributed by atoms with Crippen LogP contribution in [0.2, 0.25) is 10.2 Å². The van der Waals surface area contributed by atoms with Gasteiger partial charge in [-0.3, -0.25) is 10.1 Å². The van der Waals surface area contributed by atoms with Gasteiger partial charge in [0, 0.05) is 27.9 Å². The first-order chi connectivity index (χ1) is 19.4. The molecule has 0 radical (unpaired) electrons. The second-order valence-corrected chi connectivity index (χ2v) is 10.1. The van der Waals surface area contributed by atoms with Crippen molar-refractivity contribution in [3.8, 4) is 16.8 Å². The number of anilines is 1. The van der Waals surface area contributed by atoms with Gasteiger partial charge in [-0.15, -0.1) is 10.2 Å². The van der Waals surface area contributed by atoms with Crippen molar-refractivity contribution in [3.05, 3.63) is 82.4 Å². The van der Waals surface area contributed by atoms with Crippen LogP contribution in [0.1, 0.15) is 23.7 Å². The fraction of sp³-hybridized carbons (Fsp3) is 0.192. The summed E-state index contributed by atoms with van der Waals surface area (Å²) < 4.78 is 6.10. The number of amides is 2. The fourth-order valence-corrected chi connectivity index (χ4v) is 4.57. The molecule has 4 aromatic rings. The molecule has 2 aromatic carbocycles. The number of aromatic nitrogens is 6. The average Bonchev–Trinajstić information content (AvgIpc) is 3.50. The van der Waals surface area contributed by atoms with Crippen molar-refractivity contribution < 1.29 is 14.3 Å². The Kier molecular flexibility index (Phi) is 10.1.